The molecule has 2 saturated heterocycles. The van der Waals surface area contributed by atoms with Crippen LogP contribution in [0, 0.1) is 5.41 Å². The van der Waals surface area contributed by atoms with E-state index in [0.717, 1.165) is 19.4 Å². The Kier molecular flexibility index (Phi) is 5.58. The molecule has 1 aliphatic carbocycles. The molecule has 0 spiro atoms. The first kappa shape index (κ1) is 23.3. The molecular formula is C25H30FN7O2. The van der Waals surface area contributed by atoms with Crippen LogP contribution >= 0.6 is 0 Å². The number of phenols is 1. The first-order chi connectivity index (χ1) is 16.7. The number of phenolic OH excluding ortho intramolecular Hbond substituents is 1. The molecule has 3 aromatic rings. The SMILES string of the molecule is COc1ncnc(-c2ccc(-c3ccc(N(C)[C@H]4[C@@H](F)[C@]5(C)CC[C@@]4(C)CN5C)nn3)c(O)c2)n1. The molecule has 0 unspecified atom stereocenters. The lowest BCUT2D eigenvalue weighted by molar-refractivity contribution is -0.123. The number of nitrogens with zero attached hydrogens (tertiary/aromatic N) is 7. The second-order valence-electron chi connectivity index (χ2n) is 10.1. The number of benzene rings is 1. The summed E-state index contributed by atoms with van der Waals surface area (Å²) in [7, 11) is 5.39. The van der Waals surface area contributed by atoms with Crippen molar-refractivity contribution >= 4 is 5.82 Å². The van der Waals surface area contributed by atoms with Gasteiger partial charge in [0.15, 0.2) is 11.6 Å². The normalized spacial score (nSPS) is 28.2. The van der Waals surface area contributed by atoms with Gasteiger partial charge in [-0.3, -0.25) is 4.90 Å². The van der Waals surface area contributed by atoms with Gasteiger partial charge in [0.1, 0.15) is 18.2 Å². The van der Waals surface area contributed by atoms with Crippen molar-refractivity contribution in [3.05, 3.63) is 36.7 Å². The van der Waals surface area contributed by atoms with Crippen molar-refractivity contribution in [2.75, 3.05) is 32.6 Å². The van der Waals surface area contributed by atoms with Crippen LogP contribution in [0.1, 0.15) is 26.7 Å². The Morgan fingerprint density at radius 1 is 1.14 bits per heavy atom. The Bertz CT molecular complexity index is 1240. The maximum atomic E-state index is 15.8. The summed E-state index contributed by atoms with van der Waals surface area (Å²) in [6, 6.07) is 8.62. The molecule has 2 aliphatic heterocycles. The molecule has 35 heavy (non-hydrogen) atoms. The summed E-state index contributed by atoms with van der Waals surface area (Å²) in [6.45, 7) is 5.03. The molecule has 0 radical (unpaired) electrons. The third kappa shape index (κ3) is 3.76. The van der Waals surface area contributed by atoms with Crippen molar-refractivity contribution in [1.29, 1.82) is 0 Å². The molecule has 4 heterocycles. The summed E-state index contributed by atoms with van der Waals surface area (Å²) < 4.78 is 20.8. The Balaban J connectivity index is 1.39. The Morgan fingerprint density at radius 2 is 1.94 bits per heavy atom. The van der Waals surface area contributed by atoms with Crippen LogP contribution in [0.5, 0.6) is 11.8 Å². The monoisotopic (exact) mass is 479 g/mol. The van der Waals surface area contributed by atoms with Crippen molar-refractivity contribution in [2.45, 2.75) is 44.4 Å². The summed E-state index contributed by atoms with van der Waals surface area (Å²) in [5.74, 6) is 1.01. The number of hydrogen-bond acceptors (Lipinski definition) is 9. The van der Waals surface area contributed by atoms with Crippen LogP contribution in [0.4, 0.5) is 10.2 Å². The molecule has 10 heteroatoms. The number of fused-ring (bicyclic) bond motifs is 3. The van der Waals surface area contributed by atoms with E-state index >= 15 is 4.39 Å². The lowest BCUT2D eigenvalue weighted by Gasteiger charge is -2.63. The predicted molar refractivity (Wildman–Crippen MR) is 130 cm³/mol. The molecule has 4 atom stereocenters. The smallest absolute Gasteiger partial charge is 0.319 e. The fourth-order valence-electron chi connectivity index (χ4n) is 5.68. The maximum absolute atomic E-state index is 15.8. The van der Waals surface area contributed by atoms with E-state index in [2.05, 4.69) is 37.0 Å². The number of halogens is 1. The van der Waals surface area contributed by atoms with Gasteiger partial charge in [-0.05, 0) is 51.1 Å². The molecule has 3 aliphatic rings. The number of hydrogen-bond donors (Lipinski definition) is 1. The number of anilines is 1. The zero-order chi connectivity index (χ0) is 25.0. The van der Waals surface area contributed by atoms with Crippen LogP contribution in [0.15, 0.2) is 36.7 Å². The number of piperidine rings is 2. The van der Waals surface area contributed by atoms with Crippen molar-refractivity contribution in [1.82, 2.24) is 30.0 Å². The van der Waals surface area contributed by atoms with Crippen molar-refractivity contribution in [3.8, 4) is 34.4 Å². The quantitative estimate of drug-likeness (QED) is 0.590. The summed E-state index contributed by atoms with van der Waals surface area (Å²) in [6.07, 6.45) is 2.17. The van der Waals surface area contributed by atoms with Gasteiger partial charge in [-0.2, -0.15) is 9.97 Å². The molecule has 9 nitrogen and oxygen atoms in total. The average Bonchev–Trinajstić information content (AvgIpc) is 2.86. The fourth-order valence-corrected chi connectivity index (χ4v) is 5.68. The highest BCUT2D eigenvalue weighted by Crippen LogP contribution is 2.52. The number of methoxy groups -OCH3 is 1. The van der Waals surface area contributed by atoms with Gasteiger partial charge < -0.3 is 14.7 Å². The molecule has 184 valence electrons. The molecule has 2 aromatic heterocycles. The summed E-state index contributed by atoms with van der Waals surface area (Å²) in [5, 5.41) is 19.4. The van der Waals surface area contributed by atoms with Crippen LogP contribution in [0.3, 0.4) is 0 Å². The topological polar surface area (TPSA) is 100 Å². The van der Waals surface area contributed by atoms with Crippen molar-refractivity contribution in [3.63, 3.8) is 0 Å². The first-order valence-corrected chi connectivity index (χ1v) is 11.6. The van der Waals surface area contributed by atoms with E-state index < -0.39 is 11.7 Å². The molecular weight excluding hydrogens is 449 g/mol. The second kappa shape index (κ2) is 8.37. The minimum absolute atomic E-state index is 0.0224. The van der Waals surface area contributed by atoms with E-state index in [0.29, 0.717) is 28.5 Å². The molecule has 1 N–H and O–H groups in total. The van der Waals surface area contributed by atoms with Gasteiger partial charge in [-0.25, -0.2) is 9.37 Å². The third-order valence-corrected chi connectivity index (χ3v) is 7.95. The number of ether oxygens (including phenoxy) is 1. The van der Waals surface area contributed by atoms with Crippen LogP contribution in [0.25, 0.3) is 22.6 Å². The second-order valence-corrected chi connectivity index (χ2v) is 10.1. The molecule has 1 saturated carbocycles. The van der Waals surface area contributed by atoms with Crippen molar-refractivity contribution in [2.24, 2.45) is 5.41 Å². The predicted octanol–water partition coefficient (Wildman–Crippen LogP) is 3.36. The van der Waals surface area contributed by atoms with E-state index in [1.54, 1.807) is 24.3 Å². The Labute approximate surface area is 204 Å². The van der Waals surface area contributed by atoms with Gasteiger partial charge in [0.25, 0.3) is 0 Å². The summed E-state index contributed by atoms with van der Waals surface area (Å²) in [5.41, 5.74) is 1.01. The number of aromatic hydroxyl groups is 1. The third-order valence-electron chi connectivity index (χ3n) is 7.95. The first-order valence-electron chi connectivity index (χ1n) is 11.6. The number of aromatic nitrogens is 5. The minimum atomic E-state index is -1.00. The number of alkyl halides is 1. The van der Waals surface area contributed by atoms with Crippen LogP contribution in [-0.4, -0.2) is 80.7 Å². The van der Waals surface area contributed by atoms with Crippen LogP contribution in [0.2, 0.25) is 0 Å². The van der Waals surface area contributed by atoms with E-state index in [9.17, 15) is 5.11 Å². The van der Waals surface area contributed by atoms with Gasteiger partial charge >= 0.3 is 6.01 Å². The fraction of sp³-hybridized carbons (Fsp3) is 0.480. The molecule has 3 fully saturated rings. The van der Waals surface area contributed by atoms with E-state index in [1.807, 2.05) is 32.0 Å². The Morgan fingerprint density at radius 3 is 2.60 bits per heavy atom. The number of rotatable bonds is 5. The van der Waals surface area contributed by atoms with Gasteiger partial charge in [-0.15, -0.1) is 10.2 Å². The summed E-state index contributed by atoms with van der Waals surface area (Å²) in [4.78, 5) is 16.3. The maximum Gasteiger partial charge on any atom is 0.319 e. The van der Waals surface area contributed by atoms with Gasteiger partial charge in [0, 0.05) is 30.1 Å². The van der Waals surface area contributed by atoms with Crippen molar-refractivity contribution < 1.29 is 14.2 Å². The van der Waals surface area contributed by atoms with E-state index in [-0.39, 0.29) is 23.2 Å². The van der Waals surface area contributed by atoms with Crippen LogP contribution in [-0.2, 0) is 0 Å². The van der Waals surface area contributed by atoms with Gasteiger partial charge in [0.05, 0.1) is 24.4 Å². The highest BCUT2D eigenvalue weighted by molar-refractivity contribution is 5.72. The van der Waals surface area contributed by atoms with Gasteiger partial charge in [-0.1, -0.05) is 13.0 Å². The zero-order valence-electron chi connectivity index (χ0n) is 20.6. The Hall–Kier alpha value is -3.40. The lowest BCUT2D eigenvalue weighted by atomic mass is 9.59. The lowest BCUT2D eigenvalue weighted by Crippen LogP contribution is -2.74. The molecule has 0 amide bonds. The molecule has 2 bridgehead atoms. The molecule has 6 rings (SSSR count). The zero-order valence-corrected chi connectivity index (χ0v) is 20.6. The van der Waals surface area contributed by atoms with E-state index in [1.165, 1.54) is 13.4 Å². The highest BCUT2D eigenvalue weighted by atomic mass is 19.1. The van der Waals surface area contributed by atoms with E-state index in [4.69, 9.17) is 4.74 Å². The van der Waals surface area contributed by atoms with Gasteiger partial charge in [0.2, 0.25) is 0 Å². The minimum Gasteiger partial charge on any atom is -0.507 e. The highest BCUT2D eigenvalue weighted by Gasteiger charge is 2.61. The standard InChI is InChI=1S/C25H30FN7O2/c1-24-10-11-25(2,32(3)13-24)20(26)21(24)33(4)19-9-8-17(30-31-19)16-7-6-15(12-18(16)34)22-27-14-28-23(29-22)35-5/h6-9,12,14,20-21,34H,10-11,13H2,1-5H3/t20-,21+,24+,25+/m1/s1. The largest absolute Gasteiger partial charge is 0.507 e. The van der Waals surface area contributed by atoms with Crippen LogP contribution < -0.4 is 9.64 Å². The summed E-state index contributed by atoms with van der Waals surface area (Å²) >= 11 is 0. The molecule has 1 aromatic carbocycles. The average molecular weight is 480 g/mol.